The minimum absolute atomic E-state index is 0.00469. The second kappa shape index (κ2) is 7.40. The first-order valence-electron chi connectivity index (χ1n) is 7.92. The molecule has 0 spiro atoms. The Bertz CT molecular complexity index is 861. The second-order valence-corrected chi connectivity index (χ2v) is 5.95. The van der Waals surface area contributed by atoms with E-state index in [4.69, 9.17) is 4.74 Å². The molecule has 1 heterocycles. The predicted octanol–water partition coefficient (Wildman–Crippen LogP) is 5.99. The summed E-state index contributed by atoms with van der Waals surface area (Å²) in [6, 6.07) is 3.35. The van der Waals surface area contributed by atoms with Crippen molar-refractivity contribution in [1.82, 2.24) is 4.98 Å². The molecule has 3 nitrogen and oxygen atoms in total. The van der Waals surface area contributed by atoms with Crippen molar-refractivity contribution >= 4 is 5.78 Å². The summed E-state index contributed by atoms with van der Waals surface area (Å²) in [5, 5.41) is 0. The first-order valence-corrected chi connectivity index (χ1v) is 7.92. The molecule has 0 aliphatic heterocycles. The number of benzene rings is 1. The molecule has 2 aromatic rings. The molecule has 0 radical (unpaired) electrons. The van der Waals surface area contributed by atoms with Gasteiger partial charge >= 0.3 is 17.8 Å². The Labute approximate surface area is 155 Å². The van der Waals surface area contributed by atoms with Crippen LogP contribution in [0.2, 0.25) is 0 Å². The number of hydrogen-bond acceptors (Lipinski definition) is 3. The number of carbonyl (C=O) groups is 1. The Morgan fingerprint density at radius 2 is 1.64 bits per heavy atom. The molecule has 152 valence electrons. The van der Waals surface area contributed by atoms with Crippen molar-refractivity contribution in [2.24, 2.45) is 0 Å². The fourth-order valence-electron chi connectivity index (χ4n) is 2.16. The van der Waals surface area contributed by atoms with Gasteiger partial charge in [-0.1, -0.05) is 6.92 Å². The second-order valence-electron chi connectivity index (χ2n) is 5.95. The summed E-state index contributed by atoms with van der Waals surface area (Å²) < 4.78 is 99.2. The van der Waals surface area contributed by atoms with Crippen LogP contribution in [0.4, 0.5) is 30.7 Å². The van der Waals surface area contributed by atoms with E-state index in [1.807, 2.05) is 0 Å². The van der Waals surface area contributed by atoms with Crippen LogP contribution in [0.25, 0.3) is 0 Å². The molecule has 1 aromatic heterocycles. The van der Waals surface area contributed by atoms with Crippen LogP contribution in [0.3, 0.4) is 0 Å². The van der Waals surface area contributed by atoms with Crippen molar-refractivity contribution in [2.75, 3.05) is 0 Å². The lowest BCUT2D eigenvalue weighted by Crippen LogP contribution is -2.50. The zero-order valence-corrected chi connectivity index (χ0v) is 14.6. The molecule has 0 saturated heterocycles. The first-order chi connectivity index (χ1) is 12.8. The average Bonchev–Trinajstić information content (AvgIpc) is 2.62. The van der Waals surface area contributed by atoms with Crippen LogP contribution in [0.1, 0.15) is 36.2 Å². The lowest BCUT2D eigenvalue weighted by Gasteiger charge is -2.31. The number of nitrogens with zero attached hydrogens (tertiary/aromatic N) is 1. The molecule has 28 heavy (non-hydrogen) atoms. The number of pyridine rings is 1. The average molecular weight is 409 g/mol. The van der Waals surface area contributed by atoms with Crippen molar-refractivity contribution in [1.29, 1.82) is 0 Å². The summed E-state index contributed by atoms with van der Waals surface area (Å²) in [5.41, 5.74) is -1.37. The standard InChI is InChI=1S/C18H14F7NO2/c1-3-14(27)10-8-13(19)15(26-9-10)28-12-6-4-11(5-7-12)17(22,23)18(24,25)16(2,20)21/h4-9H,3H2,1-2H3. The number of rotatable bonds is 7. The number of halogens is 7. The van der Waals surface area contributed by atoms with Gasteiger partial charge in [0.05, 0.1) is 0 Å². The highest BCUT2D eigenvalue weighted by Gasteiger charge is 2.69. The molecule has 2 rings (SSSR count). The number of alkyl halides is 6. The van der Waals surface area contributed by atoms with Gasteiger partial charge in [0.25, 0.3) is 5.88 Å². The topological polar surface area (TPSA) is 39.2 Å². The number of Topliss-reactive ketones (excluding diaryl/α,β-unsaturated/α-hetero) is 1. The van der Waals surface area contributed by atoms with E-state index in [1.165, 1.54) is 0 Å². The normalized spacial score (nSPS) is 12.8. The van der Waals surface area contributed by atoms with E-state index >= 15 is 0 Å². The van der Waals surface area contributed by atoms with Crippen molar-refractivity contribution in [2.45, 2.75) is 38.0 Å². The van der Waals surface area contributed by atoms with E-state index in [9.17, 15) is 35.5 Å². The van der Waals surface area contributed by atoms with Gasteiger partial charge in [0, 0.05) is 30.7 Å². The molecular formula is C18H14F7NO2. The van der Waals surface area contributed by atoms with Crippen molar-refractivity contribution in [3.63, 3.8) is 0 Å². The summed E-state index contributed by atoms with van der Waals surface area (Å²) >= 11 is 0. The fourth-order valence-corrected chi connectivity index (χ4v) is 2.16. The molecule has 0 fully saturated rings. The minimum atomic E-state index is -5.63. The first kappa shape index (κ1) is 21.6. The summed E-state index contributed by atoms with van der Waals surface area (Å²) in [5.74, 6) is -18.0. The quantitative estimate of drug-likeness (QED) is 0.417. The van der Waals surface area contributed by atoms with E-state index in [0.717, 1.165) is 24.4 Å². The zero-order valence-electron chi connectivity index (χ0n) is 14.6. The molecule has 0 aliphatic rings. The molecule has 0 amide bonds. The van der Waals surface area contributed by atoms with Crippen LogP contribution in [-0.4, -0.2) is 22.6 Å². The fraction of sp³-hybridized carbons (Fsp3) is 0.333. The molecule has 0 N–H and O–H groups in total. The van der Waals surface area contributed by atoms with Crippen molar-refractivity contribution in [3.8, 4) is 11.6 Å². The largest absolute Gasteiger partial charge is 0.436 e. The molecular weight excluding hydrogens is 395 g/mol. The van der Waals surface area contributed by atoms with Crippen LogP contribution < -0.4 is 4.74 Å². The molecule has 0 unspecified atom stereocenters. The van der Waals surface area contributed by atoms with Gasteiger partial charge in [0.1, 0.15) is 5.75 Å². The third-order valence-corrected chi connectivity index (χ3v) is 3.83. The SMILES string of the molecule is CCC(=O)c1cnc(Oc2ccc(C(F)(F)C(F)(F)C(C)(F)F)cc2)c(F)c1. The zero-order chi connectivity index (χ0) is 21.3. The summed E-state index contributed by atoms with van der Waals surface area (Å²) in [4.78, 5) is 15.1. The number of carbonyl (C=O) groups excluding carboxylic acids is 1. The van der Waals surface area contributed by atoms with E-state index in [-0.39, 0.29) is 30.4 Å². The number of ether oxygens (including phenoxy) is 1. The third-order valence-electron chi connectivity index (χ3n) is 3.83. The summed E-state index contributed by atoms with van der Waals surface area (Å²) in [6.45, 7) is 1.26. The number of ketones is 1. The van der Waals surface area contributed by atoms with Gasteiger partial charge in [0.15, 0.2) is 11.6 Å². The van der Waals surface area contributed by atoms with E-state index in [2.05, 4.69) is 4.98 Å². The monoisotopic (exact) mass is 409 g/mol. The molecule has 1 aromatic carbocycles. The highest BCUT2D eigenvalue weighted by Crippen LogP contribution is 2.51. The Kier molecular flexibility index (Phi) is 5.72. The Morgan fingerprint density at radius 1 is 1.07 bits per heavy atom. The highest BCUT2D eigenvalue weighted by molar-refractivity contribution is 5.95. The van der Waals surface area contributed by atoms with Crippen LogP contribution in [0, 0.1) is 5.82 Å². The molecule has 0 aliphatic carbocycles. The number of aromatic nitrogens is 1. The maximum Gasteiger partial charge on any atom is 0.375 e. The van der Waals surface area contributed by atoms with Gasteiger partial charge in [-0.15, -0.1) is 0 Å². The minimum Gasteiger partial charge on any atom is -0.436 e. The van der Waals surface area contributed by atoms with Crippen LogP contribution >= 0.6 is 0 Å². The highest BCUT2D eigenvalue weighted by atomic mass is 19.3. The molecule has 0 saturated carbocycles. The lowest BCUT2D eigenvalue weighted by molar-refractivity contribution is -0.308. The van der Waals surface area contributed by atoms with E-state index in [1.54, 1.807) is 6.92 Å². The molecule has 0 atom stereocenters. The van der Waals surface area contributed by atoms with Gasteiger partial charge in [0.2, 0.25) is 0 Å². The van der Waals surface area contributed by atoms with Gasteiger partial charge in [-0.05, 0) is 30.3 Å². The van der Waals surface area contributed by atoms with Crippen LogP contribution in [-0.2, 0) is 5.92 Å². The Hall–Kier alpha value is -2.65. The Morgan fingerprint density at radius 3 is 2.11 bits per heavy atom. The lowest BCUT2D eigenvalue weighted by atomic mass is 9.98. The van der Waals surface area contributed by atoms with Crippen LogP contribution in [0.15, 0.2) is 36.5 Å². The van der Waals surface area contributed by atoms with Gasteiger partial charge in [-0.25, -0.2) is 9.37 Å². The maximum atomic E-state index is 13.9. The third kappa shape index (κ3) is 3.95. The summed E-state index contributed by atoms with van der Waals surface area (Å²) in [6.07, 6.45) is 1.18. The van der Waals surface area contributed by atoms with Gasteiger partial charge in [-0.3, -0.25) is 4.79 Å². The predicted molar refractivity (Wildman–Crippen MR) is 84.8 cm³/mol. The van der Waals surface area contributed by atoms with Crippen molar-refractivity contribution in [3.05, 3.63) is 53.5 Å². The van der Waals surface area contributed by atoms with Gasteiger partial charge in [-0.2, -0.15) is 26.3 Å². The van der Waals surface area contributed by atoms with Gasteiger partial charge < -0.3 is 4.74 Å². The smallest absolute Gasteiger partial charge is 0.375 e. The molecule has 0 bridgehead atoms. The van der Waals surface area contributed by atoms with Crippen molar-refractivity contribution < 1.29 is 40.3 Å². The van der Waals surface area contributed by atoms with E-state index < -0.39 is 35.0 Å². The number of hydrogen-bond donors (Lipinski definition) is 0. The maximum absolute atomic E-state index is 13.9. The van der Waals surface area contributed by atoms with E-state index in [0.29, 0.717) is 12.1 Å². The van der Waals surface area contributed by atoms with Crippen LogP contribution in [0.5, 0.6) is 11.6 Å². The summed E-state index contributed by atoms with van der Waals surface area (Å²) in [7, 11) is 0. The molecule has 10 heteroatoms. The Balaban J connectivity index is 2.25.